The highest BCUT2D eigenvalue weighted by molar-refractivity contribution is 7.96. The first-order valence-electron chi connectivity index (χ1n) is 7.50. The van der Waals surface area contributed by atoms with Crippen LogP contribution >= 0.6 is 12.6 Å². The number of aromatic nitrogens is 1. The molecule has 124 valence electrons. The van der Waals surface area contributed by atoms with Gasteiger partial charge in [0.05, 0.1) is 25.0 Å². The molecule has 1 aromatic rings. The minimum atomic E-state index is -0.443. The molecule has 1 atom stereocenters. The SMILES string of the molecule is O=C(S)NC[C@H]1CN(c2ccc(N3CCNCC3)nc2)C(=O)O1. The van der Waals surface area contributed by atoms with Crippen LogP contribution < -0.4 is 20.4 Å². The topological polar surface area (TPSA) is 86.8 Å². The molecule has 2 N–H and O–H groups in total. The van der Waals surface area contributed by atoms with Crippen molar-refractivity contribution in [2.24, 2.45) is 0 Å². The average molecular weight is 337 g/mol. The molecule has 2 aliphatic heterocycles. The number of ether oxygens (including phenoxy) is 1. The summed E-state index contributed by atoms with van der Waals surface area (Å²) in [4.78, 5) is 30.9. The van der Waals surface area contributed by atoms with E-state index >= 15 is 0 Å². The van der Waals surface area contributed by atoms with Crippen molar-refractivity contribution in [3.63, 3.8) is 0 Å². The van der Waals surface area contributed by atoms with Crippen LogP contribution in [-0.2, 0) is 4.74 Å². The number of nitrogens with zero attached hydrogens (tertiary/aromatic N) is 3. The van der Waals surface area contributed by atoms with E-state index in [1.165, 1.54) is 4.90 Å². The number of carbonyl (C=O) groups is 2. The zero-order valence-electron chi connectivity index (χ0n) is 12.6. The highest BCUT2D eigenvalue weighted by Gasteiger charge is 2.32. The molecule has 1 aromatic heterocycles. The molecule has 0 aromatic carbocycles. The number of hydrogen-bond donors (Lipinski definition) is 3. The molecular formula is C14H19N5O3S. The maximum absolute atomic E-state index is 11.9. The van der Waals surface area contributed by atoms with Crippen molar-refractivity contribution in [1.82, 2.24) is 15.6 Å². The predicted molar refractivity (Wildman–Crippen MR) is 89.3 cm³/mol. The van der Waals surface area contributed by atoms with Gasteiger partial charge in [0.2, 0.25) is 0 Å². The monoisotopic (exact) mass is 337 g/mol. The Balaban J connectivity index is 1.62. The summed E-state index contributed by atoms with van der Waals surface area (Å²) >= 11 is 3.62. The zero-order chi connectivity index (χ0) is 16.2. The van der Waals surface area contributed by atoms with Crippen molar-refractivity contribution < 1.29 is 14.3 Å². The molecular weight excluding hydrogens is 318 g/mol. The smallest absolute Gasteiger partial charge is 0.414 e. The number of thiol groups is 1. The molecule has 0 unspecified atom stereocenters. The van der Waals surface area contributed by atoms with E-state index in [0.29, 0.717) is 12.2 Å². The van der Waals surface area contributed by atoms with E-state index in [-0.39, 0.29) is 12.6 Å². The Kier molecular flexibility index (Phi) is 4.87. The molecule has 2 saturated heterocycles. The quantitative estimate of drug-likeness (QED) is 0.692. The summed E-state index contributed by atoms with van der Waals surface area (Å²) in [6.07, 6.45) is 0.865. The Morgan fingerprint density at radius 3 is 2.87 bits per heavy atom. The van der Waals surface area contributed by atoms with E-state index < -0.39 is 11.3 Å². The van der Waals surface area contributed by atoms with Gasteiger partial charge in [-0.25, -0.2) is 9.78 Å². The number of carbonyl (C=O) groups excluding carboxylic acids is 2. The van der Waals surface area contributed by atoms with Gasteiger partial charge in [-0.05, 0) is 12.1 Å². The molecule has 0 radical (unpaired) electrons. The zero-order valence-corrected chi connectivity index (χ0v) is 13.5. The minimum absolute atomic E-state index is 0.247. The predicted octanol–water partition coefficient (Wildman–Crippen LogP) is 0.456. The van der Waals surface area contributed by atoms with Gasteiger partial charge in [0.25, 0.3) is 5.24 Å². The third kappa shape index (κ3) is 3.85. The van der Waals surface area contributed by atoms with Gasteiger partial charge in [0.15, 0.2) is 0 Å². The first-order chi connectivity index (χ1) is 11.1. The molecule has 3 rings (SSSR count). The van der Waals surface area contributed by atoms with Crippen LogP contribution in [0, 0.1) is 0 Å². The fourth-order valence-corrected chi connectivity index (χ4v) is 2.75. The molecule has 0 aliphatic carbocycles. The van der Waals surface area contributed by atoms with Crippen molar-refractivity contribution >= 4 is 35.5 Å². The van der Waals surface area contributed by atoms with Crippen LogP contribution in [0.2, 0.25) is 0 Å². The van der Waals surface area contributed by atoms with Gasteiger partial charge in [-0.2, -0.15) is 0 Å². The third-order valence-corrected chi connectivity index (χ3v) is 4.00. The van der Waals surface area contributed by atoms with E-state index in [0.717, 1.165) is 32.0 Å². The lowest BCUT2D eigenvalue weighted by Crippen LogP contribution is -2.43. The normalized spacial score (nSPS) is 21.3. The number of rotatable bonds is 4. The summed E-state index contributed by atoms with van der Waals surface area (Å²) in [7, 11) is 0. The third-order valence-electron chi connectivity index (χ3n) is 3.84. The second-order valence-corrected chi connectivity index (χ2v) is 5.82. The van der Waals surface area contributed by atoms with Crippen LogP contribution in [0.5, 0.6) is 0 Å². The van der Waals surface area contributed by atoms with Crippen molar-refractivity contribution in [1.29, 1.82) is 0 Å². The van der Waals surface area contributed by atoms with Crippen LogP contribution in [0.4, 0.5) is 21.1 Å². The van der Waals surface area contributed by atoms with Gasteiger partial charge < -0.3 is 20.3 Å². The summed E-state index contributed by atoms with van der Waals surface area (Å²) in [5, 5.41) is 5.38. The van der Waals surface area contributed by atoms with Gasteiger partial charge in [0.1, 0.15) is 11.9 Å². The lowest BCUT2D eigenvalue weighted by Gasteiger charge is -2.28. The Morgan fingerprint density at radius 2 is 2.22 bits per heavy atom. The maximum atomic E-state index is 11.9. The highest BCUT2D eigenvalue weighted by atomic mass is 32.1. The van der Waals surface area contributed by atoms with E-state index in [2.05, 4.69) is 33.1 Å². The maximum Gasteiger partial charge on any atom is 0.414 e. The highest BCUT2D eigenvalue weighted by Crippen LogP contribution is 2.23. The summed E-state index contributed by atoms with van der Waals surface area (Å²) in [5.74, 6) is 0.904. The fraction of sp³-hybridized carbons (Fsp3) is 0.500. The molecule has 9 heteroatoms. The second-order valence-electron chi connectivity index (χ2n) is 5.41. The second kappa shape index (κ2) is 7.05. The molecule has 0 bridgehead atoms. The fourth-order valence-electron chi connectivity index (χ4n) is 2.66. The van der Waals surface area contributed by atoms with Crippen LogP contribution in [-0.4, -0.2) is 61.7 Å². The van der Waals surface area contributed by atoms with Gasteiger partial charge in [-0.1, -0.05) is 12.6 Å². The average Bonchev–Trinajstić information content (AvgIpc) is 2.95. The van der Waals surface area contributed by atoms with Crippen molar-refractivity contribution in [2.75, 3.05) is 49.1 Å². The molecule has 23 heavy (non-hydrogen) atoms. The molecule has 3 heterocycles. The van der Waals surface area contributed by atoms with Gasteiger partial charge in [-0.15, -0.1) is 0 Å². The van der Waals surface area contributed by atoms with E-state index in [1.54, 1.807) is 6.20 Å². The van der Waals surface area contributed by atoms with Gasteiger partial charge in [0, 0.05) is 26.2 Å². The van der Waals surface area contributed by atoms with E-state index in [9.17, 15) is 9.59 Å². The van der Waals surface area contributed by atoms with Crippen molar-refractivity contribution in [2.45, 2.75) is 6.10 Å². The molecule has 0 saturated carbocycles. The number of anilines is 2. The Hall–Kier alpha value is -2.00. The Bertz CT molecular complexity index is 576. The van der Waals surface area contributed by atoms with E-state index in [4.69, 9.17) is 4.74 Å². The molecule has 2 fully saturated rings. The number of hydrogen-bond acceptors (Lipinski definition) is 6. The first-order valence-corrected chi connectivity index (χ1v) is 7.95. The summed E-state index contributed by atoms with van der Waals surface area (Å²) in [5.41, 5.74) is 0.689. The standard InChI is InChI=1S/C14H19N5O3S/c20-13(23)17-8-11-9-19(14(21)22-11)10-1-2-12(16-7-10)18-5-3-15-4-6-18/h1-2,7,11,15H,3-6,8-9H2,(H2,17,20,23)/t11-/m0/s1. The summed E-state index contributed by atoms with van der Waals surface area (Å²) in [6, 6.07) is 3.78. The van der Waals surface area contributed by atoms with Crippen molar-refractivity contribution in [3.05, 3.63) is 18.3 Å². The number of nitrogens with one attached hydrogen (secondary N) is 2. The summed E-state index contributed by atoms with van der Waals surface area (Å²) < 4.78 is 5.22. The van der Waals surface area contributed by atoms with E-state index in [1.807, 2.05) is 12.1 Å². The molecule has 8 nitrogen and oxygen atoms in total. The van der Waals surface area contributed by atoms with Gasteiger partial charge in [-0.3, -0.25) is 9.69 Å². The Labute approximate surface area is 139 Å². The van der Waals surface area contributed by atoms with Gasteiger partial charge >= 0.3 is 6.09 Å². The lowest BCUT2D eigenvalue weighted by atomic mass is 10.3. The van der Waals surface area contributed by atoms with Crippen molar-refractivity contribution in [3.8, 4) is 0 Å². The largest absolute Gasteiger partial charge is 0.442 e. The van der Waals surface area contributed by atoms with Crippen LogP contribution in [0.25, 0.3) is 0 Å². The summed E-state index contributed by atoms with van der Waals surface area (Å²) in [6.45, 7) is 4.35. The first kappa shape index (κ1) is 15.9. The number of cyclic esters (lactones) is 1. The van der Waals surface area contributed by atoms with Crippen LogP contribution in [0.1, 0.15) is 0 Å². The molecule has 2 aliphatic rings. The number of piperazine rings is 1. The minimum Gasteiger partial charge on any atom is -0.442 e. The lowest BCUT2D eigenvalue weighted by molar-refractivity contribution is 0.141. The number of amides is 2. The number of pyridine rings is 1. The Morgan fingerprint density at radius 1 is 1.43 bits per heavy atom. The molecule has 2 amide bonds. The van der Waals surface area contributed by atoms with Crippen LogP contribution in [0.3, 0.4) is 0 Å². The molecule has 0 spiro atoms. The van der Waals surface area contributed by atoms with Crippen LogP contribution in [0.15, 0.2) is 18.3 Å².